The largest absolute Gasteiger partial charge is 0.301 e. The predicted octanol–water partition coefficient (Wildman–Crippen LogP) is 4.09. The topological polar surface area (TPSA) is 12.0 Å². The maximum Gasteiger partial charge on any atom is 0.0688 e. The van der Waals surface area contributed by atoms with Crippen molar-refractivity contribution in [1.82, 2.24) is 5.32 Å². The van der Waals surface area contributed by atoms with Gasteiger partial charge in [0.05, 0.1) is 6.04 Å². The van der Waals surface area contributed by atoms with Gasteiger partial charge in [0, 0.05) is 10.5 Å². The minimum absolute atomic E-state index is 0.253. The van der Waals surface area contributed by atoms with Gasteiger partial charge < -0.3 is 5.32 Å². The first-order chi connectivity index (χ1) is 8.72. The SMILES string of the molecule is C#CC(CCC)NC1CC(c2cccc(Br)c2)C1. The van der Waals surface area contributed by atoms with Gasteiger partial charge in [0.2, 0.25) is 0 Å². The Bertz CT molecular complexity index is 429. The van der Waals surface area contributed by atoms with Crippen LogP contribution in [0, 0.1) is 12.3 Å². The highest BCUT2D eigenvalue weighted by Crippen LogP contribution is 2.37. The Labute approximate surface area is 118 Å². The Hall–Kier alpha value is -0.780. The average molecular weight is 306 g/mol. The van der Waals surface area contributed by atoms with Crippen LogP contribution in [0.25, 0.3) is 0 Å². The summed E-state index contributed by atoms with van der Waals surface area (Å²) in [5.41, 5.74) is 1.44. The third-order valence-corrected chi connectivity index (χ3v) is 4.17. The molecule has 0 saturated heterocycles. The van der Waals surface area contributed by atoms with Crippen LogP contribution < -0.4 is 5.32 Å². The summed E-state index contributed by atoms with van der Waals surface area (Å²) in [7, 11) is 0. The van der Waals surface area contributed by atoms with Gasteiger partial charge in [0.1, 0.15) is 0 Å². The maximum absolute atomic E-state index is 5.53. The molecule has 1 saturated carbocycles. The summed E-state index contributed by atoms with van der Waals surface area (Å²) in [6.45, 7) is 2.18. The minimum atomic E-state index is 0.253. The van der Waals surface area contributed by atoms with Crippen LogP contribution in [-0.4, -0.2) is 12.1 Å². The van der Waals surface area contributed by atoms with Crippen LogP contribution in [0.4, 0.5) is 0 Å². The zero-order valence-electron chi connectivity index (χ0n) is 10.8. The summed E-state index contributed by atoms with van der Waals surface area (Å²) >= 11 is 3.53. The summed E-state index contributed by atoms with van der Waals surface area (Å²) in [6, 6.07) is 9.49. The molecule has 1 aliphatic carbocycles. The fraction of sp³-hybridized carbons (Fsp3) is 0.500. The Morgan fingerprint density at radius 1 is 1.50 bits per heavy atom. The molecule has 1 nitrogen and oxygen atoms in total. The lowest BCUT2D eigenvalue weighted by atomic mass is 9.75. The monoisotopic (exact) mass is 305 g/mol. The summed E-state index contributed by atoms with van der Waals surface area (Å²) in [5, 5.41) is 3.57. The molecule has 18 heavy (non-hydrogen) atoms. The Morgan fingerprint density at radius 2 is 2.28 bits per heavy atom. The van der Waals surface area contributed by atoms with Crippen LogP contribution in [0.3, 0.4) is 0 Å². The lowest BCUT2D eigenvalue weighted by Crippen LogP contribution is -2.45. The van der Waals surface area contributed by atoms with E-state index in [1.54, 1.807) is 0 Å². The Morgan fingerprint density at radius 3 is 2.89 bits per heavy atom. The van der Waals surface area contributed by atoms with E-state index in [4.69, 9.17) is 6.42 Å². The molecule has 0 heterocycles. The quantitative estimate of drug-likeness (QED) is 0.808. The molecule has 0 amide bonds. The van der Waals surface area contributed by atoms with Crippen molar-refractivity contribution in [2.75, 3.05) is 0 Å². The predicted molar refractivity (Wildman–Crippen MR) is 80.6 cm³/mol. The molecule has 0 spiro atoms. The molecule has 1 aromatic carbocycles. The van der Waals surface area contributed by atoms with Crippen molar-refractivity contribution in [2.45, 2.75) is 50.6 Å². The number of hydrogen-bond acceptors (Lipinski definition) is 1. The first kappa shape index (κ1) is 13.6. The van der Waals surface area contributed by atoms with Crippen LogP contribution in [0.5, 0.6) is 0 Å². The van der Waals surface area contributed by atoms with E-state index < -0.39 is 0 Å². The first-order valence-corrected chi connectivity index (χ1v) is 7.50. The van der Waals surface area contributed by atoms with E-state index in [0.29, 0.717) is 12.0 Å². The van der Waals surface area contributed by atoms with E-state index in [9.17, 15) is 0 Å². The van der Waals surface area contributed by atoms with Gasteiger partial charge in [-0.3, -0.25) is 0 Å². The number of rotatable bonds is 5. The molecule has 1 fully saturated rings. The maximum atomic E-state index is 5.53. The third kappa shape index (κ3) is 3.37. The van der Waals surface area contributed by atoms with Crippen LogP contribution >= 0.6 is 15.9 Å². The van der Waals surface area contributed by atoms with E-state index >= 15 is 0 Å². The van der Waals surface area contributed by atoms with Crippen molar-refractivity contribution >= 4 is 15.9 Å². The Kier molecular flexibility index (Phi) is 4.86. The van der Waals surface area contributed by atoms with Gasteiger partial charge in [0.25, 0.3) is 0 Å². The van der Waals surface area contributed by atoms with Gasteiger partial charge in [-0.25, -0.2) is 0 Å². The second-order valence-electron chi connectivity index (χ2n) is 5.09. The van der Waals surface area contributed by atoms with Gasteiger partial charge in [-0.15, -0.1) is 6.42 Å². The molecule has 0 aliphatic heterocycles. The van der Waals surface area contributed by atoms with Gasteiger partial charge in [-0.2, -0.15) is 0 Å². The lowest BCUT2D eigenvalue weighted by Gasteiger charge is -2.38. The van der Waals surface area contributed by atoms with Crippen molar-refractivity contribution in [3.05, 3.63) is 34.3 Å². The summed E-state index contributed by atoms with van der Waals surface area (Å²) in [6.07, 6.45) is 10.2. The molecule has 1 N–H and O–H groups in total. The minimum Gasteiger partial charge on any atom is -0.301 e. The normalized spacial score (nSPS) is 24.1. The van der Waals surface area contributed by atoms with E-state index in [2.05, 4.69) is 58.4 Å². The molecular formula is C16H20BrN. The van der Waals surface area contributed by atoms with Crippen molar-refractivity contribution in [2.24, 2.45) is 0 Å². The smallest absolute Gasteiger partial charge is 0.0688 e. The zero-order valence-corrected chi connectivity index (χ0v) is 12.4. The zero-order chi connectivity index (χ0) is 13.0. The lowest BCUT2D eigenvalue weighted by molar-refractivity contribution is 0.275. The van der Waals surface area contributed by atoms with Crippen molar-refractivity contribution < 1.29 is 0 Å². The van der Waals surface area contributed by atoms with Crippen molar-refractivity contribution in [1.29, 1.82) is 0 Å². The molecule has 2 heteroatoms. The summed E-state index contributed by atoms with van der Waals surface area (Å²) in [5.74, 6) is 3.54. The van der Waals surface area contributed by atoms with Crippen molar-refractivity contribution in [3.8, 4) is 12.3 Å². The first-order valence-electron chi connectivity index (χ1n) is 6.70. The summed E-state index contributed by atoms with van der Waals surface area (Å²) < 4.78 is 1.17. The number of benzene rings is 1. The highest BCUT2D eigenvalue weighted by Gasteiger charge is 2.31. The molecule has 96 valence electrons. The van der Waals surface area contributed by atoms with E-state index in [0.717, 1.165) is 12.8 Å². The highest BCUT2D eigenvalue weighted by atomic mass is 79.9. The van der Waals surface area contributed by atoms with Gasteiger partial charge in [-0.05, 0) is 42.9 Å². The van der Waals surface area contributed by atoms with Crippen LogP contribution in [0.15, 0.2) is 28.7 Å². The molecule has 1 aromatic rings. The fourth-order valence-corrected chi connectivity index (χ4v) is 2.99. The molecule has 2 rings (SSSR count). The van der Waals surface area contributed by atoms with Crippen LogP contribution in [0.1, 0.15) is 44.1 Å². The van der Waals surface area contributed by atoms with E-state index in [-0.39, 0.29) is 6.04 Å². The van der Waals surface area contributed by atoms with Crippen LogP contribution in [-0.2, 0) is 0 Å². The fourth-order valence-electron chi connectivity index (χ4n) is 2.57. The number of halogens is 1. The molecule has 1 aliphatic rings. The van der Waals surface area contributed by atoms with E-state index in [1.165, 1.54) is 22.9 Å². The second kappa shape index (κ2) is 6.41. The van der Waals surface area contributed by atoms with Gasteiger partial charge in [0.15, 0.2) is 0 Å². The summed E-state index contributed by atoms with van der Waals surface area (Å²) in [4.78, 5) is 0. The van der Waals surface area contributed by atoms with E-state index in [1.807, 2.05) is 0 Å². The second-order valence-corrected chi connectivity index (χ2v) is 6.01. The number of nitrogens with one attached hydrogen (secondary N) is 1. The number of hydrogen-bond donors (Lipinski definition) is 1. The van der Waals surface area contributed by atoms with Crippen LogP contribution in [0.2, 0.25) is 0 Å². The molecule has 0 radical (unpaired) electrons. The number of terminal acetylenes is 1. The molecular weight excluding hydrogens is 286 g/mol. The standard InChI is InChI=1S/C16H20BrN/c1-3-6-15(4-2)18-16-10-13(11-16)12-7-5-8-14(17)9-12/h2,5,7-9,13,15-16,18H,3,6,10-11H2,1H3. The molecule has 1 unspecified atom stereocenters. The van der Waals surface area contributed by atoms with Gasteiger partial charge in [-0.1, -0.05) is 47.3 Å². The molecule has 0 bridgehead atoms. The average Bonchev–Trinajstić information content (AvgIpc) is 2.31. The Balaban J connectivity index is 1.82. The highest BCUT2D eigenvalue weighted by molar-refractivity contribution is 9.10. The molecule has 0 aromatic heterocycles. The van der Waals surface area contributed by atoms with Gasteiger partial charge >= 0.3 is 0 Å². The molecule has 1 atom stereocenters. The van der Waals surface area contributed by atoms with Crippen molar-refractivity contribution in [3.63, 3.8) is 0 Å². The third-order valence-electron chi connectivity index (χ3n) is 3.67.